The van der Waals surface area contributed by atoms with Gasteiger partial charge in [0.1, 0.15) is 0 Å². The molecule has 2 unspecified atom stereocenters. The Morgan fingerprint density at radius 1 is 1.42 bits per heavy atom. The Balaban J connectivity index is 1.93. The van der Waals surface area contributed by atoms with Gasteiger partial charge in [-0.3, -0.25) is 4.79 Å². The molecule has 0 bridgehead atoms. The predicted octanol–water partition coefficient (Wildman–Crippen LogP) is 2.16. The van der Waals surface area contributed by atoms with Gasteiger partial charge in [0.2, 0.25) is 5.91 Å². The molecule has 1 aromatic rings. The monoisotopic (exact) mass is 261 g/mol. The maximum atomic E-state index is 12.3. The zero-order valence-corrected chi connectivity index (χ0v) is 11.8. The third-order valence-electron chi connectivity index (χ3n) is 4.26. The molecule has 2 atom stereocenters. The van der Waals surface area contributed by atoms with Crippen LogP contribution in [0.15, 0.2) is 24.3 Å². The second kappa shape index (κ2) is 6.20. The molecule has 1 N–H and O–H groups in total. The van der Waals surface area contributed by atoms with E-state index in [2.05, 4.69) is 26.0 Å². The van der Waals surface area contributed by atoms with Crippen molar-refractivity contribution < 1.29 is 9.90 Å². The lowest BCUT2D eigenvalue weighted by Gasteiger charge is -2.25. The van der Waals surface area contributed by atoms with Gasteiger partial charge in [-0.2, -0.15) is 0 Å². The van der Waals surface area contributed by atoms with Crippen LogP contribution in [0.5, 0.6) is 0 Å². The van der Waals surface area contributed by atoms with E-state index in [1.165, 1.54) is 11.1 Å². The van der Waals surface area contributed by atoms with Crippen LogP contribution in [0.4, 0.5) is 0 Å². The first-order chi connectivity index (χ1) is 9.13. The quantitative estimate of drug-likeness (QED) is 0.902. The smallest absolute Gasteiger partial charge is 0.223 e. The summed E-state index contributed by atoms with van der Waals surface area (Å²) in [5.74, 6) is 0.582. The van der Waals surface area contributed by atoms with Crippen molar-refractivity contribution in [2.45, 2.75) is 39.2 Å². The maximum absolute atomic E-state index is 12.3. The van der Waals surface area contributed by atoms with Gasteiger partial charge >= 0.3 is 0 Å². The van der Waals surface area contributed by atoms with Crippen LogP contribution in [0.1, 0.15) is 30.9 Å². The molecular formula is C16H23NO2. The Labute approximate surface area is 115 Å². The number of carbonyl (C=O) groups is 1. The first-order valence-electron chi connectivity index (χ1n) is 7.08. The van der Waals surface area contributed by atoms with E-state index >= 15 is 0 Å². The summed E-state index contributed by atoms with van der Waals surface area (Å²) in [5.41, 5.74) is 2.48. The maximum Gasteiger partial charge on any atom is 0.223 e. The number of nitrogens with zero attached hydrogens (tertiary/aromatic N) is 1. The molecule has 0 aliphatic carbocycles. The molecule has 104 valence electrons. The van der Waals surface area contributed by atoms with E-state index in [4.69, 9.17) is 0 Å². The van der Waals surface area contributed by atoms with Crippen molar-refractivity contribution in [3.63, 3.8) is 0 Å². The highest BCUT2D eigenvalue weighted by Gasteiger charge is 2.33. The fourth-order valence-corrected chi connectivity index (χ4v) is 2.87. The van der Waals surface area contributed by atoms with Gasteiger partial charge in [-0.25, -0.2) is 0 Å². The number of hydrogen-bond donors (Lipinski definition) is 1. The summed E-state index contributed by atoms with van der Waals surface area (Å²) in [6.45, 7) is 5.06. The average Bonchev–Trinajstić information content (AvgIpc) is 2.78. The Hall–Kier alpha value is -1.35. The third-order valence-corrected chi connectivity index (χ3v) is 4.26. The van der Waals surface area contributed by atoms with Crippen molar-refractivity contribution in [2.75, 3.05) is 13.2 Å². The van der Waals surface area contributed by atoms with Gasteiger partial charge in [0, 0.05) is 13.0 Å². The molecule has 1 amide bonds. The van der Waals surface area contributed by atoms with Crippen LogP contribution >= 0.6 is 0 Å². The number of likely N-dealkylation sites (tertiary alicyclic amines) is 1. The largest absolute Gasteiger partial charge is 0.394 e. The Kier molecular flexibility index (Phi) is 4.59. The standard InChI is InChI=1S/C16H23NO2/c1-12-5-3-4-6-14(12)7-8-16(19)17-10-9-13(2)15(17)11-18/h3-6,13,15,18H,7-11H2,1-2H3. The number of aryl methyl sites for hydroxylation is 2. The van der Waals surface area contributed by atoms with Gasteiger partial charge in [0.15, 0.2) is 0 Å². The lowest BCUT2D eigenvalue weighted by molar-refractivity contribution is -0.133. The molecule has 1 aromatic carbocycles. The second-order valence-electron chi connectivity index (χ2n) is 5.53. The molecule has 2 rings (SSSR count). The molecule has 1 heterocycles. The zero-order valence-electron chi connectivity index (χ0n) is 11.8. The average molecular weight is 261 g/mol. The number of hydrogen-bond acceptors (Lipinski definition) is 2. The molecule has 3 heteroatoms. The molecule has 3 nitrogen and oxygen atoms in total. The fraction of sp³-hybridized carbons (Fsp3) is 0.562. The van der Waals surface area contributed by atoms with Gasteiger partial charge in [0.25, 0.3) is 0 Å². The van der Waals surface area contributed by atoms with Crippen LogP contribution < -0.4 is 0 Å². The van der Waals surface area contributed by atoms with Crippen molar-refractivity contribution in [2.24, 2.45) is 5.92 Å². The van der Waals surface area contributed by atoms with Crippen LogP contribution in [0.2, 0.25) is 0 Å². The summed E-state index contributed by atoms with van der Waals surface area (Å²) in [4.78, 5) is 14.1. The van der Waals surface area contributed by atoms with Gasteiger partial charge in [0.05, 0.1) is 12.6 Å². The number of benzene rings is 1. The van der Waals surface area contributed by atoms with E-state index in [0.717, 1.165) is 19.4 Å². The number of aliphatic hydroxyl groups excluding tert-OH is 1. The highest BCUT2D eigenvalue weighted by atomic mass is 16.3. The molecule has 1 fully saturated rings. The van der Waals surface area contributed by atoms with Gasteiger partial charge < -0.3 is 10.0 Å². The van der Waals surface area contributed by atoms with Crippen LogP contribution in [-0.4, -0.2) is 35.1 Å². The first-order valence-corrected chi connectivity index (χ1v) is 7.08. The molecule has 0 aromatic heterocycles. The molecule has 1 aliphatic heterocycles. The Morgan fingerprint density at radius 2 is 2.16 bits per heavy atom. The molecule has 0 spiro atoms. The van der Waals surface area contributed by atoms with Crippen LogP contribution in [0.3, 0.4) is 0 Å². The summed E-state index contributed by atoms with van der Waals surface area (Å²) in [6, 6.07) is 8.21. The number of aliphatic hydroxyl groups is 1. The van der Waals surface area contributed by atoms with E-state index in [1.54, 1.807) is 0 Å². The van der Waals surface area contributed by atoms with Crippen molar-refractivity contribution in [1.29, 1.82) is 0 Å². The van der Waals surface area contributed by atoms with Crippen LogP contribution in [0, 0.1) is 12.8 Å². The topological polar surface area (TPSA) is 40.5 Å². The van der Waals surface area contributed by atoms with Crippen molar-refractivity contribution >= 4 is 5.91 Å². The van der Waals surface area contributed by atoms with E-state index in [9.17, 15) is 9.90 Å². The van der Waals surface area contributed by atoms with Crippen LogP contribution in [-0.2, 0) is 11.2 Å². The molecule has 19 heavy (non-hydrogen) atoms. The van der Waals surface area contributed by atoms with E-state index < -0.39 is 0 Å². The molecule has 0 radical (unpaired) electrons. The fourth-order valence-electron chi connectivity index (χ4n) is 2.87. The van der Waals surface area contributed by atoms with Gasteiger partial charge in [-0.05, 0) is 36.8 Å². The summed E-state index contributed by atoms with van der Waals surface area (Å²) in [5, 5.41) is 9.39. The van der Waals surface area contributed by atoms with Crippen molar-refractivity contribution in [3.05, 3.63) is 35.4 Å². The highest BCUT2D eigenvalue weighted by Crippen LogP contribution is 2.24. The summed E-state index contributed by atoms with van der Waals surface area (Å²) < 4.78 is 0. The zero-order chi connectivity index (χ0) is 13.8. The van der Waals surface area contributed by atoms with E-state index in [-0.39, 0.29) is 18.6 Å². The van der Waals surface area contributed by atoms with E-state index in [0.29, 0.717) is 12.3 Å². The Morgan fingerprint density at radius 3 is 2.84 bits per heavy atom. The number of amides is 1. The summed E-state index contributed by atoms with van der Waals surface area (Å²) in [7, 11) is 0. The normalized spacial score (nSPS) is 22.8. The highest BCUT2D eigenvalue weighted by molar-refractivity contribution is 5.77. The van der Waals surface area contributed by atoms with E-state index in [1.807, 2.05) is 17.0 Å². The number of rotatable bonds is 4. The minimum absolute atomic E-state index is 0.0179. The third kappa shape index (κ3) is 3.16. The molecule has 1 aliphatic rings. The van der Waals surface area contributed by atoms with Crippen molar-refractivity contribution in [1.82, 2.24) is 4.90 Å². The van der Waals surface area contributed by atoms with Crippen LogP contribution in [0.25, 0.3) is 0 Å². The second-order valence-corrected chi connectivity index (χ2v) is 5.53. The SMILES string of the molecule is Cc1ccccc1CCC(=O)N1CCC(C)C1CO. The van der Waals surface area contributed by atoms with Gasteiger partial charge in [-0.15, -0.1) is 0 Å². The Bertz CT molecular complexity index is 444. The van der Waals surface area contributed by atoms with Gasteiger partial charge in [-0.1, -0.05) is 31.2 Å². The lowest BCUT2D eigenvalue weighted by atomic mass is 10.0. The predicted molar refractivity (Wildman–Crippen MR) is 75.9 cm³/mol. The first kappa shape index (κ1) is 14.1. The number of carbonyl (C=O) groups excluding carboxylic acids is 1. The van der Waals surface area contributed by atoms with Crippen molar-refractivity contribution in [3.8, 4) is 0 Å². The lowest BCUT2D eigenvalue weighted by Crippen LogP contribution is -2.39. The molecule has 1 saturated heterocycles. The minimum atomic E-state index is 0.0179. The summed E-state index contributed by atoms with van der Waals surface area (Å²) in [6.07, 6.45) is 2.32. The minimum Gasteiger partial charge on any atom is -0.394 e. The summed E-state index contributed by atoms with van der Waals surface area (Å²) >= 11 is 0. The molecular weight excluding hydrogens is 238 g/mol. The molecule has 0 saturated carbocycles.